The highest BCUT2D eigenvalue weighted by Gasteiger charge is 2.51. The van der Waals surface area contributed by atoms with Crippen molar-refractivity contribution in [3.63, 3.8) is 0 Å². The average molecular weight is 277 g/mol. The van der Waals surface area contributed by atoms with E-state index in [1.165, 1.54) is 7.11 Å². The molecule has 18 heavy (non-hydrogen) atoms. The van der Waals surface area contributed by atoms with Crippen LogP contribution in [0.25, 0.3) is 0 Å². The van der Waals surface area contributed by atoms with E-state index in [1.54, 1.807) is 6.26 Å². The summed E-state index contributed by atoms with van der Waals surface area (Å²) in [4.78, 5) is 11.6. The fourth-order valence-corrected chi connectivity index (χ4v) is 2.68. The minimum atomic E-state index is -1.28. The third kappa shape index (κ3) is 1.78. The number of rotatable bonds is 3. The topological polar surface area (TPSA) is 29.5 Å². The maximum atomic E-state index is 13.7. The normalized spacial score (nSPS) is 23.2. The molecule has 7 heteroatoms. The van der Waals surface area contributed by atoms with Gasteiger partial charge in [-0.3, -0.25) is 9.10 Å². The second-order valence-electron chi connectivity index (χ2n) is 3.70. The fourth-order valence-electron chi connectivity index (χ4n) is 1.95. The first-order valence-corrected chi connectivity index (χ1v) is 6.24. The number of hydrogen-bond donors (Lipinski definition) is 0. The summed E-state index contributed by atoms with van der Waals surface area (Å²) in [6.45, 7) is 0. The predicted molar refractivity (Wildman–Crippen MR) is 60.2 cm³/mol. The molecule has 1 aromatic carbocycles. The van der Waals surface area contributed by atoms with Gasteiger partial charge in [-0.2, -0.15) is 0 Å². The minimum absolute atomic E-state index is 0.391. The van der Waals surface area contributed by atoms with E-state index in [2.05, 4.69) is 0 Å². The maximum Gasteiger partial charge on any atom is 0.264 e. The molecule has 0 bridgehead atoms. The van der Waals surface area contributed by atoms with Gasteiger partial charge in [0, 0.05) is 13.4 Å². The Kier molecular flexibility index (Phi) is 3.54. The van der Waals surface area contributed by atoms with Crippen LogP contribution in [-0.4, -0.2) is 29.7 Å². The largest absolute Gasteiger partial charge is 0.369 e. The molecule has 0 aromatic heterocycles. The Morgan fingerprint density at radius 2 is 1.89 bits per heavy atom. The highest BCUT2D eigenvalue weighted by atomic mass is 32.2. The number of nitrogens with zero attached hydrogens (tertiary/aromatic N) is 1. The Morgan fingerprint density at radius 1 is 1.28 bits per heavy atom. The van der Waals surface area contributed by atoms with E-state index in [9.17, 15) is 18.0 Å². The summed E-state index contributed by atoms with van der Waals surface area (Å²) in [5.41, 5.74) is -0.476. The molecule has 1 amide bonds. The van der Waals surface area contributed by atoms with Crippen LogP contribution in [0.1, 0.15) is 11.6 Å². The number of hydrogen-bond acceptors (Lipinski definition) is 3. The Labute approximate surface area is 106 Å². The number of amides is 1. The molecule has 1 heterocycles. The quantitative estimate of drug-likeness (QED) is 0.482. The van der Waals surface area contributed by atoms with E-state index < -0.39 is 41.1 Å². The second kappa shape index (κ2) is 4.81. The van der Waals surface area contributed by atoms with Gasteiger partial charge in [-0.1, -0.05) is 11.9 Å². The number of benzene rings is 1. The van der Waals surface area contributed by atoms with Crippen LogP contribution >= 0.6 is 11.9 Å². The van der Waals surface area contributed by atoms with Gasteiger partial charge < -0.3 is 4.74 Å². The zero-order chi connectivity index (χ0) is 13.4. The number of halogens is 3. The number of carbonyl (C=O) groups excluding carboxylic acids is 1. The zero-order valence-corrected chi connectivity index (χ0v) is 10.4. The van der Waals surface area contributed by atoms with Crippen molar-refractivity contribution in [1.82, 2.24) is 4.31 Å². The van der Waals surface area contributed by atoms with Gasteiger partial charge >= 0.3 is 0 Å². The summed E-state index contributed by atoms with van der Waals surface area (Å²) in [5, 5.41) is 0. The summed E-state index contributed by atoms with van der Waals surface area (Å²) < 4.78 is 46.5. The van der Waals surface area contributed by atoms with Gasteiger partial charge in [-0.25, -0.2) is 13.2 Å². The summed E-state index contributed by atoms with van der Waals surface area (Å²) in [7, 11) is 1.27. The Morgan fingerprint density at radius 3 is 2.44 bits per heavy atom. The van der Waals surface area contributed by atoms with E-state index in [1.807, 2.05) is 0 Å². The van der Waals surface area contributed by atoms with E-state index in [0.717, 1.165) is 22.3 Å². The average Bonchev–Trinajstić information content (AvgIpc) is 2.34. The van der Waals surface area contributed by atoms with Gasteiger partial charge in [0.15, 0.2) is 17.7 Å². The molecule has 98 valence electrons. The molecule has 1 aliphatic heterocycles. The van der Waals surface area contributed by atoms with Crippen LogP contribution in [0, 0.1) is 17.5 Å². The molecule has 0 N–H and O–H groups in total. The summed E-state index contributed by atoms with van der Waals surface area (Å²) in [6.07, 6.45) is 0.606. The Balaban J connectivity index is 2.48. The van der Waals surface area contributed by atoms with E-state index >= 15 is 0 Å². The van der Waals surface area contributed by atoms with Crippen molar-refractivity contribution in [3.05, 3.63) is 35.1 Å². The van der Waals surface area contributed by atoms with Crippen molar-refractivity contribution in [3.8, 4) is 0 Å². The minimum Gasteiger partial charge on any atom is -0.369 e. The Bertz CT molecular complexity index is 483. The van der Waals surface area contributed by atoms with Crippen molar-refractivity contribution in [2.24, 2.45) is 0 Å². The third-order valence-electron chi connectivity index (χ3n) is 2.83. The van der Waals surface area contributed by atoms with E-state index in [4.69, 9.17) is 4.74 Å². The van der Waals surface area contributed by atoms with Crippen molar-refractivity contribution in [2.75, 3.05) is 13.4 Å². The highest BCUT2D eigenvalue weighted by molar-refractivity contribution is 7.96. The van der Waals surface area contributed by atoms with Gasteiger partial charge in [0.05, 0.1) is 5.56 Å². The third-order valence-corrected chi connectivity index (χ3v) is 3.63. The van der Waals surface area contributed by atoms with Crippen molar-refractivity contribution in [1.29, 1.82) is 0 Å². The molecule has 3 nitrogen and oxygen atoms in total. The lowest BCUT2D eigenvalue weighted by Gasteiger charge is -2.44. The lowest BCUT2D eigenvalue weighted by molar-refractivity contribution is -0.158. The van der Waals surface area contributed by atoms with Crippen LogP contribution in [-0.2, 0) is 9.53 Å². The van der Waals surface area contributed by atoms with Crippen molar-refractivity contribution in [2.45, 2.75) is 12.1 Å². The van der Waals surface area contributed by atoms with Crippen LogP contribution in [0.5, 0.6) is 0 Å². The number of β-lactam (4-membered cyclic amide) rings is 1. The number of ether oxygens (including phenoxy) is 1. The SMILES string of the molecule is COC1C(=O)N(SC)C1c1c(F)ccc(F)c1F. The molecule has 1 fully saturated rings. The fraction of sp³-hybridized carbons (Fsp3) is 0.364. The molecule has 0 saturated carbocycles. The van der Waals surface area contributed by atoms with Crippen molar-refractivity contribution >= 4 is 17.9 Å². The van der Waals surface area contributed by atoms with Crippen molar-refractivity contribution < 1.29 is 22.7 Å². The van der Waals surface area contributed by atoms with Crippen LogP contribution in [0.15, 0.2) is 12.1 Å². The van der Waals surface area contributed by atoms with Gasteiger partial charge in [0.2, 0.25) is 0 Å². The van der Waals surface area contributed by atoms with Gasteiger partial charge in [-0.15, -0.1) is 0 Å². The first kappa shape index (κ1) is 13.2. The van der Waals surface area contributed by atoms with Crippen LogP contribution < -0.4 is 0 Å². The molecule has 2 rings (SSSR count). The van der Waals surface area contributed by atoms with Gasteiger partial charge in [-0.05, 0) is 12.1 Å². The molecule has 2 unspecified atom stereocenters. The molecule has 1 aliphatic rings. The molecule has 0 radical (unpaired) electrons. The molecular formula is C11H10F3NO2S. The van der Waals surface area contributed by atoms with Crippen LogP contribution in [0.4, 0.5) is 13.2 Å². The summed E-state index contributed by atoms with van der Waals surface area (Å²) in [5.74, 6) is -3.72. The van der Waals surface area contributed by atoms with E-state index in [-0.39, 0.29) is 0 Å². The summed E-state index contributed by atoms with van der Waals surface area (Å²) in [6, 6.07) is 0.593. The molecule has 1 saturated heterocycles. The lowest BCUT2D eigenvalue weighted by atomic mass is 9.92. The molecule has 2 atom stereocenters. The Hall–Kier alpha value is -1.21. The second-order valence-corrected chi connectivity index (χ2v) is 4.46. The standard InChI is InChI=1S/C11H10F3NO2S/c1-17-10-9(15(18-2)11(10)16)7-5(12)3-4-6(13)8(7)14/h3-4,9-10H,1-2H3. The molecule has 0 spiro atoms. The van der Waals surface area contributed by atoms with Gasteiger partial charge in [0.25, 0.3) is 5.91 Å². The van der Waals surface area contributed by atoms with Crippen LogP contribution in [0.2, 0.25) is 0 Å². The predicted octanol–water partition coefficient (Wildman–Crippen LogP) is 2.28. The smallest absolute Gasteiger partial charge is 0.264 e. The molecular weight excluding hydrogens is 267 g/mol. The number of carbonyl (C=O) groups is 1. The summed E-state index contributed by atoms with van der Waals surface area (Å²) >= 11 is 1.01. The van der Waals surface area contributed by atoms with Gasteiger partial charge in [0.1, 0.15) is 11.9 Å². The number of methoxy groups -OCH3 is 1. The molecule has 1 aromatic rings. The maximum absolute atomic E-state index is 13.7. The van der Waals surface area contributed by atoms with Crippen LogP contribution in [0.3, 0.4) is 0 Å². The first-order valence-electron chi connectivity index (χ1n) is 5.06. The monoisotopic (exact) mass is 277 g/mol. The van der Waals surface area contributed by atoms with E-state index in [0.29, 0.717) is 6.07 Å². The zero-order valence-electron chi connectivity index (χ0n) is 9.62. The molecule has 0 aliphatic carbocycles. The highest BCUT2D eigenvalue weighted by Crippen LogP contribution is 2.43. The first-order chi connectivity index (χ1) is 8.52. The lowest BCUT2D eigenvalue weighted by Crippen LogP contribution is -2.56.